The maximum absolute atomic E-state index is 13.2. The SMILES string of the molecule is Cc1nc(-c2cnccn2)sc1C(=O)C1=CN(C)C(C[C@H](CO)OC(CO)[C@@H](O)C(C)O)S1. The summed E-state index contributed by atoms with van der Waals surface area (Å²) in [6.07, 6.45) is 2.72. The quantitative estimate of drug-likeness (QED) is 0.327. The third-order valence-electron chi connectivity index (χ3n) is 5.14. The number of allylic oxidation sites excluding steroid dienone is 1. The molecular weight excluding hydrogens is 468 g/mol. The van der Waals surface area contributed by atoms with Crippen molar-refractivity contribution in [1.82, 2.24) is 19.9 Å². The molecule has 0 spiro atoms. The molecule has 5 atom stereocenters. The van der Waals surface area contributed by atoms with Crippen LogP contribution in [0.25, 0.3) is 10.7 Å². The van der Waals surface area contributed by atoms with Crippen molar-refractivity contribution in [3.63, 3.8) is 0 Å². The van der Waals surface area contributed by atoms with Gasteiger partial charge in [-0.2, -0.15) is 0 Å². The van der Waals surface area contributed by atoms with E-state index in [2.05, 4.69) is 15.0 Å². The van der Waals surface area contributed by atoms with Crippen molar-refractivity contribution in [2.75, 3.05) is 20.3 Å². The maximum atomic E-state index is 13.2. The molecule has 0 bridgehead atoms. The van der Waals surface area contributed by atoms with Crippen molar-refractivity contribution in [2.24, 2.45) is 0 Å². The number of ether oxygens (including phenoxy) is 1. The third kappa shape index (κ3) is 6.15. The molecule has 33 heavy (non-hydrogen) atoms. The van der Waals surface area contributed by atoms with E-state index in [9.17, 15) is 25.2 Å². The first-order valence-electron chi connectivity index (χ1n) is 10.4. The zero-order valence-corrected chi connectivity index (χ0v) is 20.2. The van der Waals surface area contributed by atoms with Gasteiger partial charge in [0, 0.05) is 32.1 Å². The summed E-state index contributed by atoms with van der Waals surface area (Å²) in [4.78, 5) is 28.9. The van der Waals surface area contributed by atoms with Gasteiger partial charge in [0.05, 0.1) is 52.5 Å². The van der Waals surface area contributed by atoms with E-state index in [4.69, 9.17) is 4.74 Å². The van der Waals surface area contributed by atoms with Gasteiger partial charge in [-0.1, -0.05) is 11.8 Å². The summed E-state index contributed by atoms with van der Waals surface area (Å²) in [5.74, 6) is -0.140. The lowest BCUT2D eigenvalue weighted by atomic mass is 10.1. The molecule has 4 N–H and O–H groups in total. The fourth-order valence-electron chi connectivity index (χ4n) is 3.28. The largest absolute Gasteiger partial charge is 0.394 e. The number of thiazole rings is 1. The predicted octanol–water partition coefficient (Wildman–Crippen LogP) is 0.808. The average molecular weight is 497 g/mol. The lowest BCUT2D eigenvalue weighted by molar-refractivity contribution is -0.138. The van der Waals surface area contributed by atoms with E-state index in [-0.39, 0.29) is 17.8 Å². The van der Waals surface area contributed by atoms with Crippen molar-refractivity contribution in [1.29, 1.82) is 0 Å². The van der Waals surface area contributed by atoms with Crippen molar-refractivity contribution in [3.05, 3.63) is 40.3 Å². The van der Waals surface area contributed by atoms with Crippen molar-refractivity contribution in [2.45, 2.75) is 50.1 Å². The molecule has 2 aromatic rings. The van der Waals surface area contributed by atoms with E-state index in [0.717, 1.165) is 0 Å². The van der Waals surface area contributed by atoms with Gasteiger partial charge >= 0.3 is 0 Å². The molecule has 0 saturated carbocycles. The Hall–Kier alpha value is -1.93. The number of aliphatic hydroxyl groups excluding tert-OH is 4. The third-order valence-corrected chi connectivity index (χ3v) is 7.66. The smallest absolute Gasteiger partial charge is 0.212 e. The summed E-state index contributed by atoms with van der Waals surface area (Å²) >= 11 is 2.62. The summed E-state index contributed by atoms with van der Waals surface area (Å²) in [5, 5.41) is 39.2. The van der Waals surface area contributed by atoms with Crippen LogP contribution in [0.2, 0.25) is 0 Å². The van der Waals surface area contributed by atoms with Crippen molar-refractivity contribution < 1.29 is 30.0 Å². The molecule has 3 rings (SSSR count). The molecule has 0 radical (unpaired) electrons. The standard InChI is InChI=1S/C21H28N4O6S2/c1-11-20(33-21(24-11)14-7-22-4-5-23-14)19(30)16-8-25(3)17(32-16)6-13(9-26)31-15(10-27)18(29)12(2)28/h4-5,7-8,12-13,15,17-18,26-29H,6,9-10H2,1-3H3/t12?,13-,15?,17?,18+/m1/s1. The van der Waals surface area contributed by atoms with E-state index in [1.165, 1.54) is 30.0 Å². The Morgan fingerprint density at radius 1 is 1.27 bits per heavy atom. The zero-order chi connectivity index (χ0) is 24.1. The fraction of sp³-hybridized carbons (Fsp3) is 0.524. The monoisotopic (exact) mass is 496 g/mol. The van der Waals surface area contributed by atoms with E-state index in [1.54, 1.807) is 31.7 Å². The molecule has 3 heterocycles. The van der Waals surface area contributed by atoms with Crippen LogP contribution in [0.5, 0.6) is 0 Å². The molecule has 0 saturated heterocycles. The van der Waals surface area contributed by atoms with Crippen LogP contribution < -0.4 is 0 Å². The second kappa shape index (κ2) is 11.5. The van der Waals surface area contributed by atoms with Crippen LogP contribution in [0.3, 0.4) is 0 Å². The topological polar surface area (TPSA) is 149 Å². The number of hydrogen-bond donors (Lipinski definition) is 4. The molecule has 0 aromatic carbocycles. The molecule has 0 fully saturated rings. The minimum absolute atomic E-state index is 0.140. The molecule has 3 unspecified atom stereocenters. The minimum Gasteiger partial charge on any atom is -0.394 e. The highest BCUT2D eigenvalue weighted by atomic mass is 32.2. The number of aromatic nitrogens is 3. The van der Waals surface area contributed by atoms with Crippen LogP contribution >= 0.6 is 23.1 Å². The van der Waals surface area contributed by atoms with Crippen LogP contribution in [0.4, 0.5) is 0 Å². The summed E-state index contributed by atoms with van der Waals surface area (Å²) in [6.45, 7) is 2.33. The van der Waals surface area contributed by atoms with Gasteiger partial charge in [-0.3, -0.25) is 14.8 Å². The van der Waals surface area contributed by atoms with E-state index < -0.39 is 31.0 Å². The highest BCUT2D eigenvalue weighted by Gasteiger charge is 2.33. The predicted molar refractivity (Wildman–Crippen MR) is 125 cm³/mol. The first kappa shape index (κ1) is 25.7. The molecule has 1 aliphatic heterocycles. The molecule has 180 valence electrons. The van der Waals surface area contributed by atoms with Gasteiger partial charge in [-0.15, -0.1) is 11.3 Å². The number of hydrogen-bond acceptors (Lipinski definition) is 12. The second-order valence-electron chi connectivity index (χ2n) is 7.71. The van der Waals surface area contributed by atoms with E-state index in [0.29, 0.717) is 32.6 Å². The van der Waals surface area contributed by atoms with Crippen LogP contribution in [-0.4, -0.2) is 96.1 Å². The fourth-order valence-corrected chi connectivity index (χ4v) is 5.59. The average Bonchev–Trinajstić information content (AvgIpc) is 3.38. The second-order valence-corrected chi connectivity index (χ2v) is 9.93. The highest BCUT2D eigenvalue weighted by molar-refractivity contribution is 8.04. The minimum atomic E-state index is -1.29. The normalized spacial score (nSPS) is 19.8. The molecule has 2 aromatic heterocycles. The Labute approximate surface area is 200 Å². The van der Waals surface area contributed by atoms with Gasteiger partial charge in [0.15, 0.2) is 0 Å². The number of ketones is 1. The van der Waals surface area contributed by atoms with Crippen molar-refractivity contribution in [3.8, 4) is 10.7 Å². The van der Waals surface area contributed by atoms with Gasteiger partial charge in [0.2, 0.25) is 5.78 Å². The number of Topliss-reactive ketones (excluding diaryl/α,β-unsaturated/α-hetero) is 1. The number of nitrogens with zero attached hydrogens (tertiary/aromatic N) is 4. The lowest BCUT2D eigenvalue weighted by Crippen LogP contribution is -2.43. The van der Waals surface area contributed by atoms with Gasteiger partial charge in [-0.25, -0.2) is 4.98 Å². The van der Waals surface area contributed by atoms with E-state index in [1.807, 2.05) is 11.9 Å². The first-order chi connectivity index (χ1) is 15.7. The summed E-state index contributed by atoms with van der Waals surface area (Å²) < 4.78 is 5.66. The number of thioether (sulfide) groups is 1. The molecule has 0 aliphatic carbocycles. The van der Waals surface area contributed by atoms with Crippen LogP contribution in [-0.2, 0) is 4.74 Å². The highest BCUT2D eigenvalue weighted by Crippen LogP contribution is 2.39. The molecular formula is C21H28N4O6S2. The number of carbonyl (C=O) groups is 1. The first-order valence-corrected chi connectivity index (χ1v) is 12.1. The van der Waals surface area contributed by atoms with Gasteiger partial charge in [-0.05, 0) is 13.8 Å². The lowest BCUT2D eigenvalue weighted by Gasteiger charge is -2.30. The number of aliphatic hydroxyl groups is 4. The Morgan fingerprint density at radius 2 is 2.03 bits per heavy atom. The molecule has 1 aliphatic rings. The van der Waals surface area contributed by atoms with Gasteiger partial charge in [0.1, 0.15) is 22.9 Å². The summed E-state index contributed by atoms with van der Waals surface area (Å²) in [7, 11) is 1.82. The zero-order valence-electron chi connectivity index (χ0n) is 18.5. The Bertz CT molecular complexity index is 971. The molecule has 10 nitrogen and oxygen atoms in total. The number of rotatable bonds is 11. The van der Waals surface area contributed by atoms with Gasteiger partial charge < -0.3 is 30.1 Å². The van der Waals surface area contributed by atoms with Crippen molar-refractivity contribution >= 4 is 28.9 Å². The Morgan fingerprint density at radius 3 is 2.64 bits per heavy atom. The Balaban J connectivity index is 1.67. The summed E-state index contributed by atoms with van der Waals surface area (Å²) in [5.41, 5.74) is 1.22. The summed E-state index contributed by atoms with van der Waals surface area (Å²) in [6, 6.07) is 0. The molecule has 12 heteroatoms. The van der Waals surface area contributed by atoms with E-state index >= 15 is 0 Å². The van der Waals surface area contributed by atoms with Gasteiger partial charge in [0.25, 0.3) is 0 Å². The number of aryl methyl sites for hydroxylation is 1. The van der Waals surface area contributed by atoms with Crippen LogP contribution in [0.15, 0.2) is 29.7 Å². The van der Waals surface area contributed by atoms with Crippen LogP contribution in [0.1, 0.15) is 28.7 Å². The Kier molecular flexibility index (Phi) is 8.93. The number of carbonyl (C=O) groups excluding carboxylic acids is 1. The maximum Gasteiger partial charge on any atom is 0.212 e. The van der Waals surface area contributed by atoms with Crippen LogP contribution in [0, 0.1) is 6.92 Å². The molecule has 0 amide bonds.